The maximum Gasteiger partial charge on any atom is 0.247 e. The molecule has 0 radical (unpaired) electrons. The number of nitrogens with zero attached hydrogens (tertiary/aromatic N) is 3. The lowest BCUT2D eigenvalue weighted by molar-refractivity contribution is -0.128. The summed E-state index contributed by atoms with van der Waals surface area (Å²) in [5.74, 6) is 0.0118. The predicted molar refractivity (Wildman–Crippen MR) is 84.4 cm³/mol. The quantitative estimate of drug-likeness (QED) is 0.791. The monoisotopic (exact) mass is 283 g/mol. The van der Waals surface area contributed by atoms with Crippen LogP contribution in [0.3, 0.4) is 0 Å². The fourth-order valence-electron chi connectivity index (χ4n) is 2.09. The standard InChI is InChI=1S/C17H21N3O/c1-14(2)20(13-16-11-18-19(3)12-16)17(21)10-9-15-7-5-4-6-8-15/h4-12,14H,13H2,1-3H3/b10-9+. The number of amides is 1. The molecule has 1 amide bonds. The topological polar surface area (TPSA) is 38.1 Å². The van der Waals surface area contributed by atoms with Gasteiger partial charge >= 0.3 is 0 Å². The summed E-state index contributed by atoms with van der Waals surface area (Å²) in [6.45, 7) is 4.61. The zero-order valence-electron chi connectivity index (χ0n) is 12.7. The highest BCUT2D eigenvalue weighted by molar-refractivity contribution is 5.91. The molecule has 0 saturated carbocycles. The average molecular weight is 283 g/mol. The van der Waals surface area contributed by atoms with E-state index < -0.39 is 0 Å². The molecule has 0 unspecified atom stereocenters. The Morgan fingerprint density at radius 3 is 2.62 bits per heavy atom. The van der Waals surface area contributed by atoms with Gasteiger partial charge in [0.1, 0.15) is 0 Å². The van der Waals surface area contributed by atoms with Gasteiger partial charge < -0.3 is 4.90 Å². The zero-order chi connectivity index (χ0) is 15.2. The smallest absolute Gasteiger partial charge is 0.247 e. The third kappa shape index (κ3) is 4.31. The Labute approximate surface area is 125 Å². The van der Waals surface area contributed by atoms with Crippen molar-refractivity contribution in [2.45, 2.75) is 26.4 Å². The first-order valence-electron chi connectivity index (χ1n) is 7.07. The molecule has 2 aromatic rings. The first-order valence-corrected chi connectivity index (χ1v) is 7.07. The molecule has 4 heteroatoms. The Bertz CT molecular complexity index is 614. The van der Waals surface area contributed by atoms with Crippen LogP contribution in [0.15, 0.2) is 48.8 Å². The molecule has 0 aliphatic carbocycles. The van der Waals surface area contributed by atoms with E-state index in [4.69, 9.17) is 0 Å². The lowest BCUT2D eigenvalue weighted by Crippen LogP contribution is -2.35. The van der Waals surface area contributed by atoms with Crippen molar-refractivity contribution in [3.8, 4) is 0 Å². The van der Waals surface area contributed by atoms with Crippen LogP contribution in [0.1, 0.15) is 25.0 Å². The molecule has 4 nitrogen and oxygen atoms in total. The third-order valence-electron chi connectivity index (χ3n) is 3.24. The molecular weight excluding hydrogens is 262 g/mol. The van der Waals surface area contributed by atoms with E-state index in [9.17, 15) is 4.79 Å². The van der Waals surface area contributed by atoms with E-state index in [-0.39, 0.29) is 11.9 Å². The summed E-state index contributed by atoms with van der Waals surface area (Å²) in [6.07, 6.45) is 7.21. The molecule has 1 aromatic carbocycles. The van der Waals surface area contributed by atoms with E-state index in [0.717, 1.165) is 11.1 Å². The molecule has 1 heterocycles. The fourth-order valence-corrected chi connectivity index (χ4v) is 2.09. The van der Waals surface area contributed by atoms with E-state index in [1.54, 1.807) is 17.0 Å². The molecule has 1 aromatic heterocycles. The molecular formula is C17H21N3O. The number of carbonyl (C=O) groups excluding carboxylic acids is 1. The minimum Gasteiger partial charge on any atom is -0.332 e. The van der Waals surface area contributed by atoms with Crippen LogP contribution in [0.25, 0.3) is 6.08 Å². The molecule has 0 N–H and O–H groups in total. The number of benzene rings is 1. The Morgan fingerprint density at radius 2 is 2.05 bits per heavy atom. The van der Waals surface area contributed by atoms with Crippen molar-refractivity contribution in [2.75, 3.05) is 0 Å². The van der Waals surface area contributed by atoms with E-state index in [1.807, 2.05) is 68.4 Å². The summed E-state index contributed by atoms with van der Waals surface area (Å²) in [4.78, 5) is 14.2. The van der Waals surface area contributed by atoms with Crippen LogP contribution in [0.2, 0.25) is 0 Å². The van der Waals surface area contributed by atoms with Gasteiger partial charge in [-0.2, -0.15) is 5.10 Å². The highest BCUT2D eigenvalue weighted by Crippen LogP contribution is 2.10. The van der Waals surface area contributed by atoms with Crippen molar-refractivity contribution < 1.29 is 4.79 Å². The normalized spacial score (nSPS) is 11.2. The summed E-state index contributed by atoms with van der Waals surface area (Å²) in [6, 6.07) is 9.97. The minimum absolute atomic E-state index is 0.0118. The summed E-state index contributed by atoms with van der Waals surface area (Å²) in [5, 5.41) is 4.14. The summed E-state index contributed by atoms with van der Waals surface area (Å²) < 4.78 is 1.75. The largest absolute Gasteiger partial charge is 0.332 e. The highest BCUT2D eigenvalue weighted by atomic mass is 16.2. The molecule has 21 heavy (non-hydrogen) atoms. The van der Waals surface area contributed by atoms with Gasteiger partial charge in [-0.25, -0.2) is 0 Å². The van der Waals surface area contributed by atoms with Crippen molar-refractivity contribution in [3.05, 3.63) is 59.9 Å². The Balaban J connectivity index is 2.07. The lowest BCUT2D eigenvalue weighted by Gasteiger charge is -2.24. The van der Waals surface area contributed by atoms with Crippen LogP contribution in [0, 0.1) is 0 Å². The Kier molecular flexibility index (Phi) is 4.93. The van der Waals surface area contributed by atoms with Crippen molar-refractivity contribution in [1.82, 2.24) is 14.7 Å². The maximum atomic E-state index is 12.4. The average Bonchev–Trinajstić information content (AvgIpc) is 2.88. The van der Waals surface area contributed by atoms with Gasteiger partial charge in [-0.3, -0.25) is 9.48 Å². The van der Waals surface area contributed by atoms with Gasteiger partial charge in [0.15, 0.2) is 0 Å². The molecule has 0 bridgehead atoms. The second kappa shape index (κ2) is 6.88. The van der Waals surface area contributed by atoms with Gasteiger partial charge in [0.2, 0.25) is 5.91 Å². The van der Waals surface area contributed by atoms with Crippen LogP contribution >= 0.6 is 0 Å². The maximum absolute atomic E-state index is 12.4. The molecule has 0 aliphatic heterocycles. The SMILES string of the molecule is CC(C)N(Cc1cnn(C)c1)C(=O)/C=C/c1ccccc1. The van der Waals surface area contributed by atoms with Gasteiger partial charge in [0.25, 0.3) is 0 Å². The third-order valence-corrected chi connectivity index (χ3v) is 3.24. The minimum atomic E-state index is 0.0118. The van der Waals surface area contributed by atoms with Crippen LogP contribution in [0.4, 0.5) is 0 Å². The van der Waals surface area contributed by atoms with Gasteiger partial charge in [-0.1, -0.05) is 30.3 Å². The van der Waals surface area contributed by atoms with Crippen LogP contribution in [-0.4, -0.2) is 26.6 Å². The Morgan fingerprint density at radius 1 is 1.33 bits per heavy atom. The van der Waals surface area contributed by atoms with Gasteiger partial charge in [0, 0.05) is 37.5 Å². The number of aromatic nitrogens is 2. The van der Waals surface area contributed by atoms with Crippen LogP contribution in [-0.2, 0) is 18.4 Å². The summed E-state index contributed by atoms with van der Waals surface area (Å²) in [5.41, 5.74) is 2.06. The number of carbonyl (C=O) groups is 1. The molecule has 0 fully saturated rings. The van der Waals surface area contributed by atoms with Gasteiger partial charge in [0.05, 0.1) is 6.20 Å². The zero-order valence-corrected chi connectivity index (χ0v) is 12.7. The van der Waals surface area contributed by atoms with Gasteiger partial charge in [-0.15, -0.1) is 0 Å². The first-order chi connectivity index (χ1) is 10.1. The second-order valence-electron chi connectivity index (χ2n) is 5.33. The van der Waals surface area contributed by atoms with Crippen LogP contribution < -0.4 is 0 Å². The molecule has 0 atom stereocenters. The number of hydrogen-bond donors (Lipinski definition) is 0. The van der Waals surface area contributed by atoms with E-state index in [1.165, 1.54) is 0 Å². The number of aryl methyl sites for hydroxylation is 1. The second-order valence-corrected chi connectivity index (χ2v) is 5.33. The summed E-state index contributed by atoms with van der Waals surface area (Å²) >= 11 is 0. The van der Waals surface area contributed by atoms with Crippen molar-refractivity contribution >= 4 is 12.0 Å². The lowest BCUT2D eigenvalue weighted by atomic mass is 10.2. The van der Waals surface area contributed by atoms with Crippen LogP contribution in [0.5, 0.6) is 0 Å². The van der Waals surface area contributed by atoms with E-state index in [0.29, 0.717) is 6.54 Å². The first kappa shape index (κ1) is 15.0. The number of rotatable bonds is 5. The fraction of sp³-hybridized carbons (Fsp3) is 0.294. The molecule has 2 rings (SSSR count). The van der Waals surface area contributed by atoms with Crippen molar-refractivity contribution in [3.63, 3.8) is 0 Å². The van der Waals surface area contributed by atoms with E-state index >= 15 is 0 Å². The van der Waals surface area contributed by atoms with Gasteiger partial charge in [-0.05, 0) is 25.5 Å². The molecule has 0 aliphatic rings. The molecule has 110 valence electrons. The predicted octanol–water partition coefficient (Wildman–Crippen LogP) is 2.87. The van der Waals surface area contributed by atoms with Crippen molar-refractivity contribution in [1.29, 1.82) is 0 Å². The van der Waals surface area contributed by atoms with E-state index in [2.05, 4.69) is 5.10 Å². The highest BCUT2D eigenvalue weighted by Gasteiger charge is 2.15. The molecule has 0 spiro atoms. The number of hydrogen-bond acceptors (Lipinski definition) is 2. The Hall–Kier alpha value is -2.36. The van der Waals surface area contributed by atoms with Crippen molar-refractivity contribution in [2.24, 2.45) is 7.05 Å². The molecule has 0 saturated heterocycles. The summed E-state index contributed by atoms with van der Waals surface area (Å²) in [7, 11) is 1.88.